The lowest BCUT2D eigenvalue weighted by atomic mass is 10.3. The molecule has 0 saturated heterocycles. The molecule has 1 aromatic heterocycles. The van der Waals surface area contributed by atoms with Gasteiger partial charge in [-0.3, -0.25) is 4.98 Å². The normalized spacial score (nSPS) is 10.6. The highest BCUT2D eigenvalue weighted by atomic mass is 32.2. The van der Waals surface area contributed by atoms with E-state index in [1.807, 2.05) is 0 Å². The molecule has 15 heavy (non-hydrogen) atoms. The Bertz CT molecular complexity index is 298. The number of nitrogens with one attached hydrogen (secondary N) is 1. The zero-order chi connectivity index (χ0) is 11.1. The Balaban J connectivity index is 2.23. The first-order valence-corrected chi connectivity index (χ1v) is 5.96. The molecule has 0 saturated carbocycles. The fraction of sp³-hybridized carbons (Fsp3) is 0.455. The minimum atomic E-state index is 0.503. The number of hydrogen-bond donors (Lipinski definition) is 1. The third-order valence-corrected chi connectivity index (χ3v) is 2.78. The van der Waals surface area contributed by atoms with Gasteiger partial charge in [-0.15, -0.1) is 11.8 Å². The van der Waals surface area contributed by atoms with Crippen LogP contribution in [0.15, 0.2) is 35.8 Å². The molecule has 0 fully saturated rings. The van der Waals surface area contributed by atoms with E-state index in [0.29, 0.717) is 6.04 Å². The molecule has 1 heterocycles. The summed E-state index contributed by atoms with van der Waals surface area (Å²) in [7, 11) is 0. The largest absolute Gasteiger partial charge is 0.311 e. The van der Waals surface area contributed by atoms with E-state index in [-0.39, 0.29) is 0 Å². The molecule has 0 atom stereocenters. The standard InChI is InChI=1S/C11H17N3S/c1-9(2)14-6-10(3)8-15-11-7-12-4-5-13-11/h4-5,7,9,14H,3,6,8H2,1-2H3. The van der Waals surface area contributed by atoms with Crippen molar-refractivity contribution in [3.63, 3.8) is 0 Å². The van der Waals surface area contributed by atoms with Crippen LogP contribution in [0.1, 0.15) is 13.8 Å². The molecule has 3 nitrogen and oxygen atoms in total. The molecule has 1 aromatic rings. The van der Waals surface area contributed by atoms with Crippen molar-refractivity contribution < 1.29 is 0 Å². The second-order valence-electron chi connectivity index (χ2n) is 3.62. The number of aromatic nitrogens is 2. The highest BCUT2D eigenvalue weighted by Crippen LogP contribution is 2.15. The van der Waals surface area contributed by atoms with Gasteiger partial charge in [0.05, 0.1) is 6.20 Å². The van der Waals surface area contributed by atoms with E-state index in [9.17, 15) is 0 Å². The van der Waals surface area contributed by atoms with E-state index in [4.69, 9.17) is 0 Å². The van der Waals surface area contributed by atoms with Crippen LogP contribution in [0, 0.1) is 0 Å². The van der Waals surface area contributed by atoms with Crippen LogP contribution in [-0.2, 0) is 0 Å². The Labute approximate surface area is 95.4 Å². The molecule has 0 aliphatic rings. The van der Waals surface area contributed by atoms with Crippen molar-refractivity contribution >= 4 is 11.8 Å². The fourth-order valence-corrected chi connectivity index (χ4v) is 1.66. The van der Waals surface area contributed by atoms with Crippen LogP contribution in [0.25, 0.3) is 0 Å². The summed E-state index contributed by atoms with van der Waals surface area (Å²) in [6.07, 6.45) is 5.16. The average Bonchev–Trinajstić information content (AvgIpc) is 2.25. The maximum atomic E-state index is 4.18. The van der Waals surface area contributed by atoms with E-state index in [2.05, 4.69) is 35.7 Å². The summed E-state index contributed by atoms with van der Waals surface area (Å²) >= 11 is 1.67. The SMILES string of the molecule is C=C(CNC(C)C)CSc1cnccn1. The van der Waals surface area contributed by atoms with E-state index in [1.165, 1.54) is 5.57 Å². The van der Waals surface area contributed by atoms with E-state index >= 15 is 0 Å². The summed E-state index contributed by atoms with van der Waals surface area (Å²) in [5.41, 5.74) is 1.18. The van der Waals surface area contributed by atoms with Gasteiger partial charge in [-0.05, 0) is 0 Å². The topological polar surface area (TPSA) is 37.8 Å². The minimum Gasteiger partial charge on any atom is -0.311 e. The van der Waals surface area contributed by atoms with E-state index in [0.717, 1.165) is 17.3 Å². The Kier molecular flexibility index (Phi) is 5.36. The molecule has 1 rings (SSSR count). The van der Waals surface area contributed by atoms with Gasteiger partial charge in [0.2, 0.25) is 0 Å². The van der Waals surface area contributed by atoms with Crippen LogP contribution in [-0.4, -0.2) is 28.3 Å². The monoisotopic (exact) mass is 223 g/mol. The second-order valence-corrected chi connectivity index (χ2v) is 4.61. The zero-order valence-corrected chi connectivity index (χ0v) is 10.0. The van der Waals surface area contributed by atoms with Crippen LogP contribution < -0.4 is 5.32 Å². The highest BCUT2D eigenvalue weighted by molar-refractivity contribution is 7.99. The van der Waals surface area contributed by atoms with Crippen molar-refractivity contribution in [3.8, 4) is 0 Å². The summed E-state index contributed by atoms with van der Waals surface area (Å²) in [6.45, 7) is 9.13. The molecule has 0 aliphatic carbocycles. The van der Waals surface area contributed by atoms with Gasteiger partial charge in [0.1, 0.15) is 5.03 Å². The van der Waals surface area contributed by atoms with Gasteiger partial charge in [-0.25, -0.2) is 4.98 Å². The third-order valence-electron chi connectivity index (χ3n) is 1.72. The van der Waals surface area contributed by atoms with Crippen molar-refractivity contribution in [3.05, 3.63) is 30.7 Å². The molecule has 0 aromatic carbocycles. The van der Waals surface area contributed by atoms with Gasteiger partial charge < -0.3 is 5.32 Å². The predicted molar refractivity (Wildman–Crippen MR) is 65.0 cm³/mol. The number of nitrogens with zero attached hydrogens (tertiary/aromatic N) is 2. The Morgan fingerprint density at radius 1 is 1.53 bits per heavy atom. The maximum Gasteiger partial charge on any atom is 0.115 e. The molecule has 0 unspecified atom stereocenters. The smallest absolute Gasteiger partial charge is 0.115 e. The number of thioether (sulfide) groups is 1. The van der Waals surface area contributed by atoms with Crippen LogP contribution in [0.3, 0.4) is 0 Å². The lowest BCUT2D eigenvalue weighted by molar-refractivity contribution is 0.623. The quantitative estimate of drug-likeness (QED) is 0.592. The summed E-state index contributed by atoms with van der Waals surface area (Å²) in [4.78, 5) is 8.19. The van der Waals surface area contributed by atoms with Gasteiger partial charge in [0, 0.05) is 30.7 Å². The number of hydrogen-bond acceptors (Lipinski definition) is 4. The zero-order valence-electron chi connectivity index (χ0n) is 9.23. The maximum absolute atomic E-state index is 4.18. The van der Waals surface area contributed by atoms with Crippen LogP contribution in [0.2, 0.25) is 0 Å². The van der Waals surface area contributed by atoms with E-state index < -0.39 is 0 Å². The second kappa shape index (κ2) is 6.58. The van der Waals surface area contributed by atoms with Gasteiger partial charge >= 0.3 is 0 Å². The molecule has 0 aliphatic heterocycles. The van der Waals surface area contributed by atoms with Crippen molar-refractivity contribution in [2.75, 3.05) is 12.3 Å². The van der Waals surface area contributed by atoms with Crippen molar-refractivity contribution in [1.29, 1.82) is 0 Å². The molecular formula is C11H17N3S. The van der Waals surface area contributed by atoms with Gasteiger partial charge in [-0.1, -0.05) is 26.0 Å². The molecule has 1 N–H and O–H groups in total. The fourth-order valence-electron chi connectivity index (χ4n) is 0.935. The molecule has 0 amide bonds. The summed E-state index contributed by atoms with van der Waals surface area (Å²) in [5.74, 6) is 0.887. The summed E-state index contributed by atoms with van der Waals surface area (Å²) in [6, 6.07) is 0.503. The number of rotatable bonds is 6. The van der Waals surface area contributed by atoms with Gasteiger partial charge in [0.25, 0.3) is 0 Å². The average molecular weight is 223 g/mol. The van der Waals surface area contributed by atoms with Crippen LogP contribution in [0.4, 0.5) is 0 Å². The molecule has 82 valence electrons. The van der Waals surface area contributed by atoms with Gasteiger partial charge in [0.15, 0.2) is 0 Å². The minimum absolute atomic E-state index is 0.503. The Morgan fingerprint density at radius 3 is 2.93 bits per heavy atom. The van der Waals surface area contributed by atoms with Crippen LogP contribution in [0.5, 0.6) is 0 Å². The summed E-state index contributed by atoms with van der Waals surface area (Å²) in [5, 5.41) is 4.28. The molecule has 0 spiro atoms. The molecule has 0 radical (unpaired) electrons. The summed E-state index contributed by atoms with van der Waals surface area (Å²) < 4.78 is 0. The third kappa shape index (κ3) is 5.54. The van der Waals surface area contributed by atoms with Crippen molar-refractivity contribution in [1.82, 2.24) is 15.3 Å². The van der Waals surface area contributed by atoms with Crippen LogP contribution >= 0.6 is 11.8 Å². The van der Waals surface area contributed by atoms with Crippen molar-refractivity contribution in [2.45, 2.75) is 24.9 Å². The first kappa shape index (κ1) is 12.2. The van der Waals surface area contributed by atoms with E-state index in [1.54, 1.807) is 30.4 Å². The first-order valence-electron chi connectivity index (χ1n) is 4.97. The lowest BCUT2D eigenvalue weighted by Gasteiger charge is -2.09. The van der Waals surface area contributed by atoms with Gasteiger partial charge in [-0.2, -0.15) is 0 Å². The highest BCUT2D eigenvalue weighted by Gasteiger charge is 1.99. The molecule has 0 bridgehead atoms. The Hall–Kier alpha value is -0.870. The molecule has 4 heteroatoms. The Morgan fingerprint density at radius 2 is 2.33 bits per heavy atom. The van der Waals surface area contributed by atoms with Crippen molar-refractivity contribution in [2.24, 2.45) is 0 Å². The lowest BCUT2D eigenvalue weighted by Crippen LogP contribution is -2.25. The molecular weight excluding hydrogens is 206 g/mol. The predicted octanol–water partition coefficient (Wildman–Crippen LogP) is 2.12. The first-order chi connectivity index (χ1) is 7.18.